The van der Waals surface area contributed by atoms with E-state index in [9.17, 15) is 27.2 Å². The standard InChI is InChI=1S/C25H19ClF4N6O2/c1-14(15-11-31-22(32-12-15)24(38)34-18-7-5-17(27)6-8-18)23(37)33-13-20-10-21(25(28,29)30)35-36(20)19-4-2-3-16(26)9-19/h2-12,14H,13H2,1H3,(H,33,37)(H,34,38). The van der Waals surface area contributed by atoms with E-state index < -0.39 is 35.4 Å². The minimum absolute atomic E-state index is 0.0872. The predicted octanol–water partition coefficient (Wildman–Crippen LogP) is 5.15. The second-order valence-corrected chi connectivity index (χ2v) is 8.59. The third kappa shape index (κ3) is 6.32. The van der Waals surface area contributed by atoms with Crippen LogP contribution in [0.5, 0.6) is 0 Å². The summed E-state index contributed by atoms with van der Waals surface area (Å²) in [5.41, 5.74) is -0.00208. The first kappa shape index (κ1) is 26.7. The molecule has 2 aromatic heterocycles. The lowest BCUT2D eigenvalue weighted by molar-refractivity contribution is -0.141. The first-order valence-corrected chi connectivity index (χ1v) is 11.5. The maximum atomic E-state index is 13.3. The van der Waals surface area contributed by atoms with Crippen molar-refractivity contribution in [2.24, 2.45) is 0 Å². The normalized spacial score (nSPS) is 12.2. The molecule has 2 N–H and O–H groups in total. The molecule has 1 atom stereocenters. The van der Waals surface area contributed by atoms with Gasteiger partial charge < -0.3 is 10.6 Å². The zero-order chi connectivity index (χ0) is 27.4. The van der Waals surface area contributed by atoms with Crippen molar-refractivity contribution in [1.82, 2.24) is 25.1 Å². The predicted molar refractivity (Wildman–Crippen MR) is 130 cm³/mol. The summed E-state index contributed by atoms with van der Waals surface area (Å²) in [5, 5.41) is 9.07. The van der Waals surface area contributed by atoms with Crippen molar-refractivity contribution in [3.8, 4) is 5.69 Å². The van der Waals surface area contributed by atoms with Crippen LogP contribution in [0.2, 0.25) is 5.02 Å². The molecule has 0 saturated carbocycles. The van der Waals surface area contributed by atoms with E-state index in [1.54, 1.807) is 19.1 Å². The van der Waals surface area contributed by atoms with E-state index in [1.165, 1.54) is 48.8 Å². The third-order valence-electron chi connectivity index (χ3n) is 5.44. The average Bonchev–Trinajstić information content (AvgIpc) is 3.33. The number of alkyl halides is 3. The minimum Gasteiger partial charge on any atom is -0.350 e. The fourth-order valence-corrected chi connectivity index (χ4v) is 3.58. The Bertz CT molecular complexity index is 1460. The topological polar surface area (TPSA) is 102 Å². The average molecular weight is 547 g/mol. The number of carbonyl (C=O) groups excluding carboxylic acids is 2. The molecule has 4 rings (SSSR count). The lowest BCUT2D eigenvalue weighted by Crippen LogP contribution is -2.28. The van der Waals surface area contributed by atoms with Gasteiger partial charge in [0.1, 0.15) is 5.82 Å². The Hall–Kier alpha value is -4.32. The Morgan fingerprint density at radius 3 is 2.37 bits per heavy atom. The summed E-state index contributed by atoms with van der Waals surface area (Å²) < 4.78 is 54.0. The van der Waals surface area contributed by atoms with Crippen LogP contribution in [0, 0.1) is 5.82 Å². The molecule has 0 radical (unpaired) electrons. The Morgan fingerprint density at radius 1 is 1.05 bits per heavy atom. The summed E-state index contributed by atoms with van der Waals surface area (Å²) in [6.45, 7) is 1.31. The van der Waals surface area contributed by atoms with Crippen molar-refractivity contribution in [3.63, 3.8) is 0 Å². The molecule has 0 fully saturated rings. The molecule has 0 spiro atoms. The molecule has 0 aliphatic heterocycles. The number of anilines is 1. The molecule has 8 nitrogen and oxygen atoms in total. The van der Waals surface area contributed by atoms with Crippen LogP contribution in [0.15, 0.2) is 67.0 Å². The Balaban J connectivity index is 1.44. The maximum Gasteiger partial charge on any atom is 0.435 e. The van der Waals surface area contributed by atoms with Crippen LogP contribution in [-0.2, 0) is 17.5 Å². The number of nitrogens with zero attached hydrogens (tertiary/aromatic N) is 4. The van der Waals surface area contributed by atoms with Crippen LogP contribution >= 0.6 is 11.6 Å². The Labute approximate surface area is 218 Å². The molecular weight excluding hydrogens is 528 g/mol. The number of benzene rings is 2. The Morgan fingerprint density at radius 2 is 1.74 bits per heavy atom. The van der Waals surface area contributed by atoms with Gasteiger partial charge in [-0.2, -0.15) is 18.3 Å². The van der Waals surface area contributed by atoms with Crippen molar-refractivity contribution in [2.75, 3.05) is 5.32 Å². The molecule has 2 heterocycles. The summed E-state index contributed by atoms with van der Waals surface area (Å²) in [5.74, 6) is -2.55. The van der Waals surface area contributed by atoms with Crippen LogP contribution in [0.4, 0.5) is 23.2 Å². The van der Waals surface area contributed by atoms with Gasteiger partial charge in [-0.15, -0.1) is 0 Å². The molecule has 196 valence electrons. The molecule has 0 aliphatic carbocycles. The second-order valence-electron chi connectivity index (χ2n) is 8.15. The number of amides is 2. The van der Waals surface area contributed by atoms with E-state index in [-0.39, 0.29) is 18.1 Å². The second kappa shape index (κ2) is 11.0. The maximum absolute atomic E-state index is 13.3. The van der Waals surface area contributed by atoms with E-state index in [4.69, 9.17) is 11.6 Å². The van der Waals surface area contributed by atoms with Gasteiger partial charge in [-0.3, -0.25) is 9.59 Å². The van der Waals surface area contributed by atoms with Crippen molar-refractivity contribution in [2.45, 2.75) is 25.6 Å². The van der Waals surface area contributed by atoms with Crippen molar-refractivity contribution in [1.29, 1.82) is 0 Å². The molecule has 0 bridgehead atoms. The molecule has 4 aromatic rings. The van der Waals surface area contributed by atoms with Crippen LogP contribution in [0.25, 0.3) is 5.69 Å². The van der Waals surface area contributed by atoms with E-state index >= 15 is 0 Å². The van der Waals surface area contributed by atoms with Gasteiger partial charge in [0.05, 0.1) is 23.8 Å². The van der Waals surface area contributed by atoms with Crippen LogP contribution in [0.1, 0.15) is 40.4 Å². The van der Waals surface area contributed by atoms with Crippen molar-refractivity contribution < 1.29 is 27.2 Å². The highest BCUT2D eigenvalue weighted by molar-refractivity contribution is 6.30. The lowest BCUT2D eigenvalue weighted by Gasteiger charge is -2.13. The summed E-state index contributed by atoms with van der Waals surface area (Å²) >= 11 is 5.97. The molecule has 2 aromatic carbocycles. The smallest absolute Gasteiger partial charge is 0.350 e. The van der Waals surface area contributed by atoms with Crippen LogP contribution in [0.3, 0.4) is 0 Å². The molecule has 0 aliphatic rings. The van der Waals surface area contributed by atoms with E-state index in [0.717, 1.165) is 10.7 Å². The van der Waals surface area contributed by atoms with Gasteiger partial charge in [-0.25, -0.2) is 19.0 Å². The minimum atomic E-state index is -4.68. The molecular formula is C25H19ClF4N6O2. The number of carbonyl (C=O) groups is 2. The largest absolute Gasteiger partial charge is 0.435 e. The van der Waals surface area contributed by atoms with E-state index in [2.05, 4.69) is 25.7 Å². The molecule has 1 unspecified atom stereocenters. The van der Waals surface area contributed by atoms with Gasteiger partial charge in [0.15, 0.2) is 5.69 Å². The Kier molecular flexibility index (Phi) is 7.72. The highest BCUT2D eigenvalue weighted by Crippen LogP contribution is 2.30. The van der Waals surface area contributed by atoms with Gasteiger partial charge in [0, 0.05) is 28.7 Å². The summed E-state index contributed by atoms with van der Waals surface area (Å²) in [6.07, 6.45) is -2.08. The number of nitrogens with one attached hydrogen (secondary N) is 2. The highest BCUT2D eigenvalue weighted by atomic mass is 35.5. The van der Waals surface area contributed by atoms with Crippen molar-refractivity contribution >= 4 is 29.1 Å². The van der Waals surface area contributed by atoms with Crippen LogP contribution < -0.4 is 10.6 Å². The fourth-order valence-electron chi connectivity index (χ4n) is 3.40. The highest BCUT2D eigenvalue weighted by Gasteiger charge is 2.35. The van der Waals surface area contributed by atoms with E-state index in [1.807, 2.05) is 0 Å². The monoisotopic (exact) mass is 546 g/mol. The van der Waals surface area contributed by atoms with Gasteiger partial charge in [-0.05, 0) is 55.5 Å². The zero-order valence-corrected chi connectivity index (χ0v) is 20.4. The lowest BCUT2D eigenvalue weighted by atomic mass is 10.0. The van der Waals surface area contributed by atoms with Gasteiger partial charge >= 0.3 is 6.18 Å². The molecule has 2 amide bonds. The zero-order valence-electron chi connectivity index (χ0n) is 19.6. The number of hydrogen-bond acceptors (Lipinski definition) is 5. The number of halogens is 5. The fraction of sp³-hybridized carbons (Fsp3) is 0.160. The van der Waals surface area contributed by atoms with E-state index in [0.29, 0.717) is 22.0 Å². The van der Waals surface area contributed by atoms with Gasteiger partial charge in [0.2, 0.25) is 11.7 Å². The first-order chi connectivity index (χ1) is 18.0. The van der Waals surface area contributed by atoms with Crippen molar-refractivity contribution in [3.05, 3.63) is 101 Å². The number of hydrogen-bond donors (Lipinski definition) is 2. The SMILES string of the molecule is CC(C(=O)NCc1cc(C(F)(F)F)nn1-c1cccc(Cl)c1)c1cnc(C(=O)Nc2ccc(F)cc2)nc1. The number of rotatable bonds is 7. The molecule has 0 saturated heterocycles. The van der Waals surface area contributed by atoms with Gasteiger partial charge in [-0.1, -0.05) is 17.7 Å². The molecule has 38 heavy (non-hydrogen) atoms. The summed E-state index contributed by atoms with van der Waals surface area (Å²) in [6, 6.07) is 12.1. The quantitative estimate of drug-likeness (QED) is 0.312. The third-order valence-corrected chi connectivity index (χ3v) is 5.68. The van der Waals surface area contributed by atoms with Gasteiger partial charge in [0.25, 0.3) is 5.91 Å². The van der Waals surface area contributed by atoms with Crippen LogP contribution in [-0.4, -0.2) is 31.6 Å². The summed E-state index contributed by atoms with van der Waals surface area (Å²) in [7, 11) is 0. The molecule has 13 heteroatoms. The number of aromatic nitrogens is 4. The summed E-state index contributed by atoms with van der Waals surface area (Å²) in [4.78, 5) is 33.0. The first-order valence-electron chi connectivity index (χ1n) is 11.1.